The molecule has 0 aromatic heterocycles. The average molecular weight is 472 g/mol. The van der Waals surface area contributed by atoms with E-state index in [1.807, 2.05) is 30.3 Å². The summed E-state index contributed by atoms with van der Waals surface area (Å²) in [4.78, 5) is 2.42. The predicted molar refractivity (Wildman–Crippen MR) is 132 cm³/mol. The molecule has 1 heterocycles. The Labute approximate surface area is 199 Å². The zero-order valence-corrected chi connectivity index (χ0v) is 19.5. The molecule has 1 fully saturated rings. The van der Waals surface area contributed by atoms with Crippen molar-refractivity contribution in [2.24, 2.45) is 0 Å². The lowest BCUT2D eigenvalue weighted by Gasteiger charge is -2.42. The summed E-state index contributed by atoms with van der Waals surface area (Å²) in [6.07, 6.45) is 4.33. The van der Waals surface area contributed by atoms with Crippen LogP contribution in [0, 0.1) is 0 Å². The molecule has 1 saturated heterocycles. The van der Waals surface area contributed by atoms with E-state index in [2.05, 4.69) is 46.6 Å². The van der Waals surface area contributed by atoms with E-state index in [1.165, 1.54) is 16.7 Å². The lowest BCUT2D eigenvalue weighted by atomic mass is 9.90. The Morgan fingerprint density at radius 2 is 1.45 bits per heavy atom. The van der Waals surface area contributed by atoms with Crippen LogP contribution in [-0.2, 0) is 12.8 Å². The van der Waals surface area contributed by atoms with Crippen molar-refractivity contribution in [2.75, 3.05) is 11.4 Å². The molecule has 0 saturated carbocycles. The molecule has 1 aliphatic heterocycles. The highest BCUT2D eigenvalue weighted by Gasteiger charge is 2.33. The van der Waals surface area contributed by atoms with Gasteiger partial charge in [-0.05, 0) is 72.7 Å². The second kappa shape index (κ2) is 9.03. The first-order valence-electron chi connectivity index (χ1n) is 10.9. The summed E-state index contributed by atoms with van der Waals surface area (Å²) in [6.45, 7) is 0.936. The van der Waals surface area contributed by atoms with Gasteiger partial charge in [0.2, 0.25) is 0 Å². The van der Waals surface area contributed by atoms with Gasteiger partial charge in [-0.3, -0.25) is 0 Å². The first-order chi connectivity index (χ1) is 15.1. The highest BCUT2D eigenvalue weighted by atomic mass is 35.5. The van der Waals surface area contributed by atoms with Crippen LogP contribution in [0.15, 0.2) is 66.7 Å². The van der Waals surface area contributed by atoms with Crippen molar-refractivity contribution in [1.82, 2.24) is 5.32 Å². The minimum atomic E-state index is 0.228. The van der Waals surface area contributed by atoms with Gasteiger partial charge >= 0.3 is 0 Å². The number of rotatable bonds is 4. The van der Waals surface area contributed by atoms with Crippen LogP contribution in [-0.4, -0.2) is 18.6 Å². The normalized spacial score (nSPS) is 21.3. The van der Waals surface area contributed by atoms with Crippen LogP contribution < -0.4 is 10.2 Å². The number of nitrogens with one attached hydrogen (secondary N) is 1. The van der Waals surface area contributed by atoms with Crippen LogP contribution in [0.25, 0.3) is 0 Å². The lowest BCUT2D eigenvalue weighted by Crippen LogP contribution is -2.48. The molecule has 0 radical (unpaired) electrons. The first kappa shape index (κ1) is 21.2. The Bertz CT molecular complexity index is 1040. The summed E-state index contributed by atoms with van der Waals surface area (Å²) in [6, 6.07) is 24.0. The second-order valence-corrected chi connectivity index (χ2v) is 9.90. The van der Waals surface area contributed by atoms with Crippen molar-refractivity contribution in [1.29, 1.82) is 0 Å². The van der Waals surface area contributed by atoms with Gasteiger partial charge in [0.15, 0.2) is 0 Å². The summed E-state index contributed by atoms with van der Waals surface area (Å²) in [5.74, 6) is 0. The van der Waals surface area contributed by atoms with Crippen LogP contribution in [0.5, 0.6) is 0 Å². The van der Waals surface area contributed by atoms with Gasteiger partial charge in [-0.1, -0.05) is 71.2 Å². The molecular weight excluding hydrogens is 447 g/mol. The average Bonchev–Trinajstić information content (AvgIpc) is 3.17. The fourth-order valence-corrected chi connectivity index (χ4v) is 5.77. The molecule has 0 bridgehead atoms. The van der Waals surface area contributed by atoms with Crippen LogP contribution in [0.1, 0.15) is 35.6 Å². The zero-order chi connectivity index (χ0) is 21.4. The molecule has 3 aromatic carbocycles. The van der Waals surface area contributed by atoms with E-state index in [1.54, 1.807) is 0 Å². The summed E-state index contributed by atoms with van der Waals surface area (Å²) in [5, 5.41) is 6.08. The molecular formula is C26H25Cl3N2. The maximum Gasteiger partial charge on any atom is 0.0654 e. The molecule has 1 N–H and O–H groups in total. The third-order valence-corrected chi connectivity index (χ3v) is 7.39. The maximum absolute atomic E-state index is 6.60. The number of halogens is 3. The van der Waals surface area contributed by atoms with E-state index in [-0.39, 0.29) is 6.04 Å². The molecule has 31 heavy (non-hydrogen) atoms. The van der Waals surface area contributed by atoms with Gasteiger partial charge in [0.05, 0.1) is 16.8 Å². The molecule has 160 valence electrons. The van der Waals surface area contributed by atoms with Crippen molar-refractivity contribution in [2.45, 2.75) is 43.8 Å². The Hall–Kier alpha value is -1.71. The van der Waals surface area contributed by atoms with E-state index in [9.17, 15) is 0 Å². The molecule has 3 aromatic rings. The van der Waals surface area contributed by atoms with Crippen molar-refractivity contribution in [3.63, 3.8) is 0 Å². The van der Waals surface area contributed by atoms with Crippen molar-refractivity contribution < 1.29 is 0 Å². The van der Waals surface area contributed by atoms with Gasteiger partial charge in [-0.2, -0.15) is 0 Å². The van der Waals surface area contributed by atoms with Crippen LogP contribution in [0.2, 0.25) is 15.1 Å². The topological polar surface area (TPSA) is 15.3 Å². The zero-order valence-electron chi connectivity index (χ0n) is 17.2. The fraction of sp³-hybridized carbons (Fsp3) is 0.308. The lowest BCUT2D eigenvalue weighted by molar-refractivity contribution is 0.330. The fourth-order valence-electron chi connectivity index (χ4n) is 5.13. The van der Waals surface area contributed by atoms with Gasteiger partial charge < -0.3 is 10.2 Å². The van der Waals surface area contributed by atoms with E-state index in [0.29, 0.717) is 22.1 Å². The smallest absolute Gasteiger partial charge is 0.0654 e. The van der Waals surface area contributed by atoms with E-state index in [4.69, 9.17) is 34.8 Å². The number of hydrogen-bond donors (Lipinski definition) is 1. The highest BCUT2D eigenvalue weighted by Crippen LogP contribution is 2.40. The van der Waals surface area contributed by atoms with Gasteiger partial charge in [-0.25, -0.2) is 0 Å². The number of hydrogen-bond acceptors (Lipinski definition) is 2. The Kier molecular flexibility index (Phi) is 6.16. The molecule has 0 spiro atoms. The maximum atomic E-state index is 6.60. The molecule has 2 aliphatic rings. The Balaban J connectivity index is 1.37. The Morgan fingerprint density at radius 1 is 0.774 bits per heavy atom. The van der Waals surface area contributed by atoms with Crippen molar-refractivity contribution >= 4 is 40.5 Å². The second-order valence-electron chi connectivity index (χ2n) is 8.62. The van der Waals surface area contributed by atoms with E-state index >= 15 is 0 Å². The highest BCUT2D eigenvalue weighted by molar-refractivity contribution is 6.36. The molecule has 5 heteroatoms. The quantitative estimate of drug-likeness (QED) is 0.436. The predicted octanol–water partition coefficient (Wildman–Crippen LogP) is 7.11. The SMILES string of the molecule is Clc1ccc(C2CC(NC3Cc4ccccc4C3)CCN2c2ccc(Cl)cc2Cl)cc1. The minimum Gasteiger partial charge on any atom is -0.363 e. The van der Waals surface area contributed by atoms with Crippen LogP contribution >= 0.6 is 34.8 Å². The van der Waals surface area contributed by atoms with Gasteiger partial charge in [0.25, 0.3) is 0 Å². The molecule has 5 rings (SSSR count). The van der Waals surface area contributed by atoms with Crippen molar-refractivity contribution in [3.8, 4) is 0 Å². The number of benzene rings is 3. The Morgan fingerprint density at radius 3 is 2.13 bits per heavy atom. The third kappa shape index (κ3) is 4.59. The largest absolute Gasteiger partial charge is 0.363 e. The van der Waals surface area contributed by atoms with Gasteiger partial charge in [0, 0.05) is 28.7 Å². The van der Waals surface area contributed by atoms with Crippen LogP contribution in [0.4, 0.5) is 5.69 Å². The third-order valence-electron chi connectivity index (χ3n) is 6.60. The van der Waals surface area contributed by atoms with Crippen molar-refractivity contribution in [3.05, 3.63) is 98.5 Å². The number of piperidine rings is 1. The van der Waals surface area contributed by atoms with Gasteiger partial charge in [-0.15, -0.1) is 0 Å². The number of fused-ring (bicyclic) bond motifs is 1. The first-order valence-corrected chi connectivity index (χ1v) is 12.0. The molecule has 2 unspecified atom stereocenters. The molecule has 2 atom stereocenters. The summed E-state index contributed by atoms with van der Waals surface area (Å²) >= 11 is 18.9. The summed E-state index contributed by atoms with van der Waals surface area (Å²) in [7, 11) is 0. The summed E-state index contributed by atoms with van der Waals surface area (Å²) in [5.41, 5.74) is 5.27. The summed E-state index contributed by atoms with van der Waals surface area (Å²) < 4.78 is 0. The van der Waals surface area contributed by atoms with E-state index in [0.717, 1.165) is 42.9 Å². The minimum absolute atomic E-state index is 0.228. The molecule has 2 nitrogen and oxygen atoms in total. The molecule has 1 aliphatic carbocycles. The number of nitrogens with zero attached hydrogens (tertiary/aromatic N) is 1. The monoisotopic (exact) mass is 470 g/mol. The standard InChI is InChI=1S/C26H25Cl3N2/c27-20-7-5-17(6-8-20)26-16-22(30-23-13-18-3-1-2-4-19(18)14-23)11-12-31(26)25-10-9-21(28)15-24(25)29/h1-10,15,22-23,26,30H,11-14,16H2. The van der Waals surface area contributed by atoms with Gasteiger partial charge in [0.1, 0.15) is 0 Å². The van der Waals surface area contributed by atoms with Crippen LogP contribution in [0.3, 0.4) is 0 Å². The number of anilines is 1. The molecule has 0 amide bonds. The van der Waals surface area contributed by atoms with E-state index < -0.39 is 0 Å².